The minimum Gasteiger partial charge on any atom is -0.475 e. The second kappa shape index (κ2) is 3.33. The van der Waals surface area contributed by atoms with Crippen LogP contribution in [0.4, 0.5) is 0 Å². The highest BCUT2D eigenvalue weighted by atomic mass is 16.6. The Morgan fingerprint density at radius 1 is 1.36 bits per heavy atom. The van der Waals surface area contributed by atoms with Gasteiger partial charge in [-0.25, -0.2) is 4.79 Å². The zero-order valence-electron chi connectivity index (χ0n) is 8.24. The summed E-state index contributed by atoms with van der Waals surface area (Å²) in [4.78, 5) is 11.2. The van der Waals surface area contributed by atoms with E-state index in [4.69, 9.17) is 9.47 Å². The van der Waals surface area contributed by atoms with E-state index in [1.54, 1.807) is 6.92 Å². The van der Waals surface area contributed by atoms with Crippen molar-refractivity contribution in [3.05, 3.63) is 23.8 Å². The average molecular weight is 192 g/mol. The summed E-state index contributed by atoms with van der Waals surface area (Å²) in [6, 6.07) is 5.67. The Morgan fingerprint density at radius 3 is 2.86 bits per heavy atom. The first-order chi connectivity index (χ1) is 6.70. The standard InChI is InChI=1S/C11H12O3/c1-3-8-4-5-9-10(6-8)14-11(12)7(2)13-9/h4-7H,3H2,1-2H3. The van der Waals surface area contributed by atoms with E-state index in [2.05, 4.69) is 6.92 Å². The molecule has 1 unspecified atom stereocenters. The highest BCUT2D eigenvalue weighted by molar-refractivity contribution is 5.79. The SMILES string of the molecule is CCc1ccc2c(c1)OC(=O)C(C)O2. The Morgan fingerprint density at radius 2 is 2.14 bits per heavy atom. The fourth-order valence-corrected chi connectivity index (χ4v) is 1.38. The third-order valence-electron chi connectivity index (χ3n) is 2.26. The number of ether oxygens (including phenoxy) is 2. The van der Waals surface area contributed by atoms with Crippen molar-refractivity contribution in [3.63, 3.8) is 0 Å². The van der Waals surface area contributed by atoms with Crippen molar-refractivity contribution >= 4 is 5.97 Å². The molecule has 1 atom stereocenters. The van der Waals surface area contributed by atoms with Gasteiger partial charge in [0.15, 0.2) is 17.6 Å². The Labute approximate surface area is 82.6 Å². The summed E-state index contributed by atoms with van der Waals surface area (Å²) < 4.78 is 10.5. The number of hydrogen-bond donors (Lipinski definition) is 0. The molecule has 0 aliphatic carbocycles. The van der Waals surface area contributed by atoms with Gasteiger partial charge in [0.05, 0.1) is 0 Å². The van der Waals surface area contributed by atoms with Crippen molar-refractivity contribution in [2.45, 2.75) is 26.4 Å². The van der Waals surface area contributed by atoms with Crippen LogP contribution in [-0.4, -0.2) is 12.1 Å². The molecule has 0 amide bonds. The fourth-order valence-electron chi connectivity index (χ4n) is 1.38. The van der Waals surface area contributed by atoms with Crippen LogP contribution in [0.3, 0.4) is 0 Å². The quantitative estimate of drug-likeness (QED) is 0.504. The summed E-state index contributed by atoms with van der Waals surface area (Å²) in [6.45, 7) is 3.73. The summed E-state index contributed by atoms with van der Waals surface area (Å²) in [5.74, 6) is 0.854. The van der Waals surface area contributed by atoms with Crippen molar-refractivity contribution in [2.24, 2.45) is 0 Å². The molecule has 1 aromatic carbocycles. The summed E-state index contributed by atoms with van der Waals surface area (Å²) in [7, 11) is 0. The zero-order chi connectivity index (χ0) is 10.1. The van der Waals surface area contributed by atoms with Gasteiger partial charge in [0.2, 0.25) is 0 Å². The van der Waals surface area contributed by atoms with Crippen LogP contribution in [0.2, 0.25) is 0 Å². The van der Waals surface area contributed by atoms with E-state index >= 15 is 0 Å². The molecule has 3 nitrogen and oxygen atoms in total. The predicted octanol–water partition coefficient (Wildman–Crippen LogP) is 1.94. The molecule has 0 saturated carbocycles. The van der Waals surface area contributed by atoms with Crippen LogP contribution in [-0.2, 0) is 11.2 Å². The Hall–Kier alpha value is -1.51. The molecule has 1 aromatic rings. The monoisotopic (exact) mass is 192 g/mol. The lowest BCUT2D eigenvalue weighted by molar-refractivity contribution is -0.144. The van der Waals surface area contributed by atoms with Crippen LogP contribution < -0.4 is 9.47 Å². The number of fused-ring (bicyclic) bond motifs is 1. The molecular formula is C11H12O3. The number of esters is 1. The number of carbonyl (C=O) groups is 1. The first-order valence-electron chi connectivity index (χ1n) is 4.72. The van der Waals surface area contributed by atoms with Gasteiger partial charge in [0.25, 0.3) is 0 Å². The third-order valence-corrected chi connectivity index (χ3v) is 2.26. The van der Waals surface area contributed by atoms with Crippen LogP contribution in [0.15, 0.2) is 18.2 Å². The van der Waals surface area contributed by atoms with E-state index in [-0.39, 0.29) is 5.97 Å². The predicted molar refractivity (Wildman–Crippen MR) is 51.5 cm³/mol. The molecular weight excluding hydrogens is 180 g/mol. The van der Waals surface area contributed by atoms with Gasteiger partial charge in [-0.2, -0.15) is 0 Å². The summed E-state index contributed by atoms with van der Waals surface area (Å²) in [5.41, 5.74) is 1.13. The van der Waals surface area contributed by atoms with E-state index in [0.29, 0.717) is 11.5 Å². The van der Waals surface area contributed by atoms with Crippen LogP contribution in [0.25, 0.3) is 0 Å². The molecule has 0 fully saturated rings. The molecule has 74 valence electrons. The average Bonchev–Trinajstić information content (AvgIpc) is 2.19. The van der Waals surface area contributed by atoms with E-state index in [1.807, 2.05) is 18.2 Å². The van der Waals surface area contributed by atoms with Gasteiger partial charge >= 0.3 is 5.97 Å². The first kappa shape index (κ1) is 9.06. The highest BCUT2D eigenvalue weighted by Gasteiger charge is 2.25. The van der Waals surface area contributed by atoms with Gasteiger partial charge in [-0.15, -0.1) is 0 Å². The number of aryl methyl sites for hydroxylation is 1. The van der Waals surface area contributed by atoms with Gasteiger partial charge < -0.3 is 9.47 Å². The summed E-state index contributed by atoms with van der Waals surface area (Å²) in [5, 5.41) is 0. The van der Waals surface area contributed by atoms with Gasteiger partial charge in [0.1, 0.15) is 0 Å². The lowest BCUT2D eigenvalue weighted by Crippen LogP contribution is -2.32. The second-order valence-electron chi connectivity index (χ2n) is 3.32. The number of benzene rings is 1. The molecule has 0 bridgehead atoms. The zero-order valence-corrected chi connectivity index (χ0v) is 8.24. The smallest absolute Gasteiger partial charge is 0.352 e. The molecule has 1 aliphatic rings. The maximum atomic E-state index is 11.2. The van der Waals surface area contributed by atoms with Crippen LogP contribution >= 0.6 is 0 Å². The maximum absolute atomic E-state index is 11.2. The number of rotatable bonds is 1. The lowest BCUT2D eigenvalue weighted by atomic mass is 10.1. The van der Waals surface area contributed by atoms with Crippen LogP contribution in [0, 0.1) is 0 Å². The minimum absolute atomic E-state index is 0.328. The van der Waals surface area contributed by atoms with Gasteiger partial charge in [-0.1, -0.05) is 13.0 Å². The molecule has 0 aromatic heterocycles. The summed E-state index contributed by atoms with van der Waals surface area (Å²) >= 11 is 0. The van der Waals surface area contributed by atoms with Crippen molar-refractivity contribution in [1.29, 1.82) is 0 Å². The second-order valence-corrected chi connectivity index (χ2v) is 3.32. The fraction of sp³-hybridized carbons (Fsp3) is 0.364. The molecule has 0 spiro atoms. The topological polar surface area (TPSA) is 35.5 Å². The summed E-state index contributed by atoms with van der Waals surface area (Å²) in [6.07, 6.45) is 0.412. The molecule has 1 aliphatic heterocycles. The van der Waals surface area contributed by atoms with Gasteiger partial charge in [-0.05, 0) is 31.0 Å². The highest BCUT2D eigenvalue weighted by Crippen LogP contribution is 2.32. The largest absolute Gasteiger partial charge is 0.475 e. The van der Waals surface area contributed by atoms with E-state index in [1.165, 1.54) is 0 Å². The molecule has 14 heavy (non-hydrogen) atoms. The number of carbonyl (C=O) groups excluding carboxylic acids is 1. The Bertz CT molecular complexity index is 371. The van der Waals surface area contributed by atoms with Crippen molar-refractivity contribution in [2.75, 3.05) is 0 Å². The molecule has 0 radical (unpaired) electrons. The van der Waals surface area contributed by atoms with E-state index in [0.717, 1.165) is 12.0 Å². The maximum Gasteiger partial charge on any atom is 0.352 e. The van der Waals surface area contributed by atoms with Gasteiger partial charge in [-0.3, -0.25) is 0 Å². The molecule has 1 heterocycles. The normalized spacial score (nSPS) is 19.6. The van der Waals surface area contributed by atoms with Crippen LogP contribution in [0.5, 0.6) is 11.5 Å². The number of hydrogen-bond acceptors (Lipinski definition) is 3. The lowest BCUT2D eigenvalue weighted by Gasteiger charge is -2.22. The molecule has 2 rings (SSSR count). The van der Waals surface area contributed by atoms with Crippen LogP contribution in [0.1, 0.15) is 19.4 Å². The van der Waals surface area contributed by atoms with E-state index in [9.17, 15) is 4.79 Å². The molecule has 0 saturated heterocycles. The van der Waals surface area contributed by atoms with Crippen molar-refractivity contribution in [1.82, 2.24) is 0 Å². The van der Waals surface area contributed by atoms with E-state index < -0.39 is 6.10 Å². The Balaban J connectivity index is 2.37. The Kier molecular flexibility index (Phi) is 2.15. The minimum atomic E-state index is -0.505. The van der Waals surface area contributed by atoms with Crippen molar-refractivity contribution < 1.29 is 14.3 Å². The first-order valence-corrected chi connectivity index (χ1v) is 4.72. The third kappa shape index (κ3) is 1.45. The van der Waals surface area contributed by atoms with Crippen molar-refractivity contribution in [3.8, 4) is 11.5 Å². The van der Waals surface area contributed by atoms with Gasteiger partial charge in [0, 0.05) is 0 Å². The molecule has 0 N–H and O–H groups in total. The molecule has 3 heteroatoms.